The molecule has 0 N–H and O–H groups in total. The lowest BCUT2D eigenvalue weighted by Crippen LogP contribution is -2.47. The maximum atomic E-state index is 14.3. The molecular formula is C19H29F5O4. The molecule has 0 heterocycles. The minimum atomic E-state index is -4.93. The van der Waals surface area contributed by atoms with Crippen molar-refractivity contribution in [1.29, 1.82) is 0 Å². The van der Waals surface area contributed by atoms with Crippen molar-refractivity contribution >= 4 is 11.9 Å². The first-order valence-electron chi connectivity index (χ1n) is 9.27. The van der Waals surface area contributed by atoms with E-state index in [2.05, 4.69) is 4.74 Å². The van der Waals surface area contributed by atoms with E-state index in [4.69, 9.17) is 4.74 Å². The van der Waals surface area contributed by atoms with Crippen molar-refractivity contribution in [2.45, 2.75) is 85.4 Å². The largest absolute Gasteiger partial charge is 0.455 e. The van der Waals surface area contributed by atoms with Gasteiger partial charge in [0.05, 0.1) is 5.41 Å². The first-order chi connectivity index (χ1) is 12.4. The Morgan fingerprint density at radius 1 is 1.07 bits per heavy atom. The van der Waals surface area contributed by atoms with Crippen molar-refractivity contribution in [2.24, 2.45) is 16.2 Å². The summed E-state index contributed by atoms with van der Waals surface area (Å²) in [6.45, 7) is 8.65. The number of carbonyl (C=O) groups excluding carboxylic acids is 2. The van der Waals surface area contributed by atoms with Crippen LogP contribution in [0.5, 0.6) is 0 Å². The zero-order chi connectivity index (χ0) is 22.2. The van der Waals surface area contributed by atoms with E-state index in [1.54, 1.807) is 0 Å². The molecule has 0 aromatic rings. The van der Waals surface area contributed by atoms with Crippen LogP contribution in [0.1, 0.15) is 67.2 Å². The number of alkyl halides is 5. The van der Waals surface area contributed by atoms with Crippen LogP contribution in [-0.2, 0) is 19.1 Å². The van der Waals surface area contributed by atoms with Gasteiger partial charge in [0.1, 0.15) is 0 Å². The summed E-state index contributed by atoms with van der Waals surface area (Å²) in [6.07, 6.45) is -5.95. The molecule has 1 saturated carbocycles. The third kappa shape index (κ3) is 5.35. The van der Waals surface area contributed by atoms with Crippen molar-refractivity contribution in [3.63, 3.8) is 0 Å². The molecule has 9 heteroatoms. The summed E-state index contributed by atoms with van der Waals surface area (Å²) in [5.74, 6) is -7.59. The smallest absolute Gasteiger partial charge is 0.422 e. The Morgan fingerprint density at radius 2 is 1.57 bits per heavy atom. The van der Waals surface area contributed by atoms with Crippen molar-refractivity contribution in [3.8, 4) is 0 Å². The number of halogens is 5. The first kappa shape index (κ1) is 24.6. The highest BCUT2D eigenvalue weighted by atomic mass is 19.4. The summed E-state index contributed by atoms with van der Waals surface area (Å²) in [5.41, 5.74) is -1.66. The fourth-order valence-electron chi connectivity index (χ4n) is 3.41. The molecular weight excluding hydrogens is 387 g/mol. The summed E-state index contributed by atoms with van der Waals surface area (Å²) in [7, 11) is 0. The van der Waals surface area contributed by atoms with E-state index < -0.39 is 54.0 Å². The molecule has 4 nitrogen and oxygen atoms in total. The predicted octanol–water partition coefficient (Wildman–Crippen LogP) is 5.29. The highest BCUT2D eigenvalue weighted by Gasteiger charge is 2.69. The van der Waals surface area contributed by atoms with Crippen LogP contribution in [0.3, 0.4) is 0 Å². The molecule has 0 bridgehead atoms. The van der Waals surface area contributed by atoms with Crippen molar-refractivity contribution in [2.75, 3.05) is 6.61 Å². The van der Waals surface area contributed by atoms with Gasteiger partial charge in [-0.2, -0.15) is 22.0 Å². The summed E-state index contributed by atoms with van der Waals surface area (Å²) < 4.78 is 73.7. The topological polar surface area (TPSA) is 52.6 Å². The van der Waals surface area contributed by atoms with E-state index in [-0.39, 0.29) is 5.41 Å². The number of carbonyl (C=O) groups is 2. The molecule has 0 aromatic carbocycles. The van der Waals surface area contributed by atoms with Crippen molar-refractivity contribution in [1.82, 2.24) is 0 Å². The first-order valence-corrected chi connectivity index (χ1v) is 9.27. The highest BCUT2D eigenvalue weighted by molar-refractivity contribution is 5.83. The van der Waals surface area contributed by atoms with Gasteiger partial charge in [-0.05, 0) is 30.1 Å². The maximum Gasteiger partial charge on any atom is 0.422 e. The molecule has 0 saturated heterocycles. The monoisotopic (exact) mass is 416 g/mol. The Balaban J connectivity index is 2.95. The summed E-state index contributed by atoms with van der Waals surface area (Å²) in [6, 6.07) is 0. The molecule has 2 atom stereocenters. The number of hydrogen-bond donors (Lipinski definition) is 0. The third-order valence-electron chi connectivity index (χ3n) is 5.71. The van der Waals surface area contributed by atoms with Gasteiger partial charge in [-0.3, -0.25) is 4.79 Å². The molecule has 1 aliphatic rings. The van der Waals surface area contributed by atoms with E-state index in [1.807, 2.05) is 34.6 Å². The van der Waals surface area contributed by atoms with Gasteiger partial charge in [-0.1, -0.05) is 48.0 Å². The number of hydrogen-bond acceptors (Lipinski definition) is 4. The number of ether oxygens (including phenoxy) is 2. The molecule has 1 aliphatic carbocycles. The molecule has 28 heavy (non-hydrogen) atoms. The fraction of sp³-hybridized carbons (Fsp3) is 0.895. The molecule has 1 fully saturated rings. The molecule has 0 aromatic heterocycles. The van der Waals surface area contributed by atoms with E-state index >= 15 is 0 Å². The predicted molar refractivity (Wildman–Crippen MR) is 91.7 cm³/mol. The molecule has 0 radical (unpaired) electrons. The van der Waals surface area contributed by atoms with Gasteiger partial charge in [0.2, 0.25) is 0 Å². The van der Waals surface area contributed by atoms with Gasteiger partial charge in [-0.15, -0.1) is 0 Å². The number of rotatable bonds is 9. The Morgan fingerprint density at radius 3 is 1.93 bits per heavy atom. The van der Waals surface area contributed by atoms with Gasteiger partial charge in [-0.25, -0.2) is 4.79 Å². The minimum Gasteiger partial charge on any atom is -0.455 e. The van der Waals surface area contributed by atoms with Gasteiger partial charge < -0.3 is 9.47 Å². The van der Waals surface area contributed by atoms with Gasteiger partial charge in [0, 0.05) is 0 Å². The van der Waals surface area contributed by atoms with Crippen LogP contribution in [0.4, 0.5) is 22.0 Å². The SMILES string of the molecule is CCC(OC(=O)C1(CC(C)(C)CC)CC1(C)C)C(F)(F)C(=O)OCC(F)(F)F. The van der Waals surface area contributed by atoms with Crippen LogP contribution in [0.15, 0.2) is 0 Å². The van der Waals surface area contributed by atoms with Gasteiger partial charge in [0.15, 0.2) is 12.7 Å². The molecule has 2 unspecified atom stereocenters. The van der Waals surface area contributed by atoms with Gasteiger partial charge >= 0.3 is 24.0 Å². The molecule has 0 spiro atoms. The summed E-state index contributed by atoms with van der Waals surface area (Å²) >= 11 is 0. The molecule has 1 rings (SSSR count). The third-order valence-corrected chi connectivity index (χ3v) is 5.71. The minimum absolute atomic E-state index is 0.233. The zero-order valence-electron chi connectivity index (χ0n) is 17.1. The molecule has 164 valence electrons. The van der Waals surface area contributed by atoms with Crippen LogP contribution in [0.2, 0.25) is 0 Å². The summed E-state index contributed by atoms with van der Waals surface area (Å²) in [4.78, 5) is 24.3. The van der Waals surface area contributed by atoms with Crippen LogP contribution >= 0.6 is 0 Å². The Labute approximate surface area is 162 Å². The van der Waals surface area contributed by atoms with E-state index in [1.165, 1.54) is 6.92 Å². The lowest BCUT2D eigenvalue weighted by atomic mass is 9.76. The standard InChI is InChI=1S/C19H29F5O4/c1-7-12(19(23,24)14(26)27-11-18(20,21)22)28-13(25)17(10-16(17,5)6)9-15(3,4)8-2/h12H,7-11H2,1-6H3. The van der Waals surface area contributed by atoms with E-state index in [0.29, 0.717) is 12.8 Å². The van der Waals surface area contributed by atoms with Crippen LogP contribution in [-0.4, -0.2) is 36.7 Å². The highest BCUT2D eigenvalue weighted by Crippen LogP contribution is 2.68. The van der Waals surface area contributed by atoms with Crippen molar-refractivity contribution < 1.29 is 41.0 Å². The Kier molecular flexibility index (Phi) is 6.85. The average Bonchev–Trinajstić information content (AvgIpc) is 3.09. The fourth-order valence-corrected chi connectivity index (χ4v) is 3.41. The van der Waals surface area contributed by atoms with Crippen LogP contribution in [0.25, 0.3) is 0 Å². The normalized spacial score (nSPS) is 23.1. The Hall–Kier alpha value is -1.41. The second-order valence-corrected chi connectivity index (χ2v) is 8.95. The van der Waals surface area contributed by atoms with Crippen LogP contribution in [0, 0.1) is 16.2 Å². The summed E-state index contributed by atoms with van der Waals surface area (Å²) in [5, 5.41) is 0. The average molecular weight is 416 g/mol. The zero-order valence-corrected chi connectivity index (χ0v) is 17.1. The quantitative estimate of drug-likeness (QED) is 0.379. The molecule has 0 aliphatic heterocycles. The molecule has 0 amide bonds. The van der Waals surface area contributed by atoms with Gasteiger partial charge in [0.25, 0.3) is 0 Å². The Bertz CT molecular complexity index is 598. The van der Waals surface area contributed by atoms with E-state index in [0.717, 1.165) is 6.42 Å². The maximum absolute atomic E-state index is 14.3. The number of esters is 2. The lowest BCUT2D eigenvalue weighted by Gasteiger charge is -2.32. The lowest BCUT2D eigenvalue weighted by molar-refractivity contribution is -0.219. The second kappa shape index (κ2) is 7.78. The van der Waals surface area contributed by atoms with Crippen LogP contribution < -0.4 is 0 Å². The second-order valence-electron chi connectivity index (χ2n) is 8.95. The van der Waals surface area contributed by atoms with Crippen molar-refractivity contribution in [3.05, 3.63) is 0 Å². The van der Waals surface area contributed by atoms with E-state index in [9.17, 15) is 31.5 Å².